The molecule has 0 saturated carbocycles. The van der Waals surface area contributed by atoms with Gasteiger partial charge in [0.05, 0.1) is 0 Å². The van der Waals surface area contributed by atoms with Gasteiger partial charge < -0.3 is 0 Å². The lowest BCUT2D eigenvalue weighted by molar-refractivity contribution is 0.562. The number of nitrogens with one attached hydrogen (secondary N) is 4. The van der Waals surface area contributed by atoms with Gasteiger partial charge in [0.2, 0.25) is 24.3 Å². The van der Waals surface area contributed by atoms with Crippen LogP contribution in [-0.2, 0) is 19.2 Å². The van der Waals surface area contributed by atoms with Crippen molar-refractivity contribution in [2.24, 2.45) is 0 Å². The Balaban J connectivity index is -0.0000000593. The minimum atomic E-state index is 0.750. The summed E-state index contributed by atoms with van der Waals surface area (Å²) in [5, 5.41) is 21.6. The first-order valence-corrected chi connectivity index (χ1v) is 6.23. The van der Waals surface area contributed by atoms with Crippen molar-refractivity contribution in [2.75, 3.05) is 0 Å². The molecular formula is C13H24N4O4. The zero-order valence-corrected chi connectivity index (χ0v) is 12.6. The Kier molecular flexibility index (Phi) is 97.5. The molecule has 0 rings (SSSR count). The second-order valence-electron chi connectivity index (χ2n) is 3.18. The van der Waals surface area contributed by atoms with E-state index in [-0.39, 0.29) is 0 Å². The van der Waals surface area contributed by atoms with Crippen LogP contribution >= 0.6 is 0 Å². The lowest BCUT2D eigenvalue weighted by atomic mass is 10.1. The lowest BCUT2D eigenvalue weighted by Gasteiger charge is -1.96. The van der Waals surface area contributed by atoms with E-state index in [9.17, 15) is 0 Å². The molecule has 0 heterocycles. The summed E-state index contributed by atoms with van der Waals surface area (Å²) < 4.78 is 0. The van der Waals surface area contributed by atoms with Gasteiger partial charge >= 0.3 is 0 Å². The number of hydrogen-bond donors (Lipinski definition) is 4. The predicted molar refractivity (Wildman–Crippen MR) is 77.3 cm³/mol. The van der Waals surface area contributed by atoms with E-state index in [1.807, 2.05) is 0 Å². The number of unbranched alkanes of at least 4 members (excludes halogenated alkanes) is 6. The van der Waals surface area contributed by atoms with Crippen molar-refractivity contribution in [3.05, 3.63) is 0 Å². The Morgan fingerprint density at radius 3 is 0.810 bits per heavy atom. The average molecular weight is 300 g/mol. The molecule has 0 amide bonds. The van der Waals surface area contributed by atoms with Crippen LogP contribution in [0.3, 0.4) is 0 Å². The van der Waals surface area contributed by atoms with Crippen LogP contribution in [0.1, 0.15) is 58.8 Å². The molecule has 0 aliphatic rings. The van der Waals surface area contributed by atoms with Crippen molar-refractivity contribution in [3.63, 3.8) is 0 Å². The quantitative estimate of drug-likeness (QED) is 0.336. The van der Waals surface area contributed by atoms with Gasteiger partial charge in [-0.2, -0.15) is 0 Å². The molecule has 0 saturated heterocycles. The third-order valence-corrected chi connectivity index (χ3v) is 1.71. The fraction of sp³-hybridized carbons (Fsp3) is 0.692. The van der Waals surface area contributed by atoms with E-state index >= 15 is 0 Å². The summed E-state index contributed by atoms with van der Waals surface area (Å²) in [5.74, 6) is 0. The molecule has 0 aromatic heterocycles. The molecule has 0 aliphatic heterocycles. The van der Waals surface area contributed by atoms with Gasteiger partial charge in [0.25, 0.3) is 0 Å². The molecular weight excluding hydrogens is 276 g/mol. The normalized spacial score (nSPS) is 5.81. The van der Waals surface area contributed by atoms with E-state index in [0.717, 1.165) is 24.3 Å². The van der Waals surface area contributed by atoms with Crippen molar-refractivity contribution in [1.82, 2.24) is 0 Å². The standard InChI is InChI=1S/C9H20.4CHNO/c1-3-5-7-9-8-6-4-2;4*2-1-3/h3-9H2,1-2H3;4*2H. The van der Waals surface area contributed by atoms with Crippen LogP contribution in [0.2, 0.25) is 0 Å². The summed E-state index contributed by atoms with van der Waals surface area (Å²) >= 11 is 0. The topological polar surface area (TPSA) is 164 Å². The molecule has 4 N–H and O–H groups in total. The zero-order chi connectivity index (χ0) is 17.8. The Bertz CT molecular complexity index is 241. The summed E-state index contributed by atoms with van der Waals surface area (Å²) in [4.78, 5) is 33.4. The monoisotopic (exact) mass is 300 g/mol. The molecule has 0 spiro atoms. The fourth-order valence-corrected chi connectivity index (χ4v) is 1.03. The van der Waals surface area contributed by atoms with Crippen LogP contribution in [-0.4, -0.2) is 24.3 Å². The lowest BCUT2D eigenvalue weighted by Crippen LogP contribution is -1.76. The van der Waals surface area contributed by atoms with Crippen LogP contribution in [0.25, 0.3) is 0 Å². The molecule has 21 heavy (non-hydrogen) atoms. The minimum Gasteiger partial charge on any atom is -0.222 e. The highest BCUT2D eigenvalue weighted by atomic mass is 16.1. The summed E-state index contributed by atoms with van der Waals surface area (Å²) in [7, 11) is 0. The van der Waals surface area contributed by atoms with Gasteiger partial charge in [0.15, 0.2) is 0 Å². The van der Waals surface area contributed by atoms with Gasteiger partial charge in [0, 0.05) is 0 Å². The molecule has 120 valence electrons. The van der Waals surface area contributed by atoms with E-state index < -0.39 is 0 Å². The number of rotatable bonds is 6. The molecule has 0 aromatic rings. The third-order valence-electron chi connectivity index (χ3n) is 1.71. The van der Waals surface area contributed by atoms with Crippen LogP contribution in [0, 0.1) is 21.6 Å². The fourth-order valence-electron chi connectivity index (χ4n) is 1.03. The maximum Gasteiger partial charge on any atom is 0.231 e. The Morgan fingerprint density at radius 2 is 0.667 bits per heavy atom. The van der Waals surface area contributed by atoms with Gasteiger partial charge in [-0.25, -0.2) is 40.8 Å². The van der Waals surface area contributed by atoms with Gasteiger partial charge in [-0.05, 0) is 0 Å². The summed E-state index contributed by atoms with van der Waals surface area (Å²) in [5.41, 5.74) is 0. The van der Waals surface area contributed by atoms with Gasteiger partial charge in [-0.1, -0.05) is 58.8 Å². The van der Waals surface area contributed by atoms with E-state index in [0.29, 0.717) is 0 Å². The van der Waals surface area contributed by atoms with Crippen molar-refractivity contribution >= 4 is 24.3 Å². The first-order chi connectivity index (χ1) is 10.1. The van der Waals surface area contributed by atoms with Crippen molar-refractivity contribution in [3.8, 4) is 0 Å². The maximum atomic E-state index is 8.35. The van der Waals surface area contributed by atoms with E-state index in [4.69, 9.17) is 40.8 Å². The SMILES string of the molecule is CCCCCCCCC.N=C=O.N=C=O.N=C=O.N=C=O. The second-order valence-corrected chi connectivity index (χ2v) is 3.18. The highest BCUT2D eigenvalue weighted by Gasteiger charge is 1.85. The first-order valence-electron chi connectivity index (χ1n) is 6.23. The Morgan fingerprint density at radius 1 is 0.524 bits per heavy atom. The summed E-state index contributed by atoms with van der Waals surface area (Å²) in [6.07, 6.45) is 13.0. The number of hydrogen-bond acceptors (Lipinski definition) is 8. The summed E-state index contributed by atoms with van der Waals surface area (Å²) in [6, 6.07) is 0. The number of isocyanates is 4. The van der Waals surface area contributed by atoms with E-state index in [1.165, 1.54) is 44.9 Å². The molecule has 0 unspecified atom stereocenters. The first kappa shape index (κ1) is 31.1. The maximum absolute atomic E-state index is 8.35. The predicted octanol–water partition coefficient (Wildman–Crippen LogP) is 3.36. The highest BCUT2D eigenvalue weighted by molar-refractivity contribution is 5.26. The molecule has 0 atom stereocenters. The van der Waals surface area contributed by atoms with Crippen molar-refractivity contribution < 1.29 is 19.2 Å². The van der Waals surface area contributed by atoms with Crippen LogP contribution in [0.5, 0.6) is 0 Å². The van der Waals surface area contributed by atoms with Crippen LogP contribution in [0.4, 0.5) is 0 Å². The summed E-state index contributed by atoms with van der Waals surface area (Å²) in [6.45, 7) is 4.53. The molecule has 0 bridgehead atoms. The highest BCUT2D eigenvalue weighted by Crippen LogP contribution is 2.05. The Labute approximate surface area is 125 Å². The molecule has 0 aromatic carbocycles. The zero-order valence-electron chi connectivity index (χ0n) is 12.6. The third kappa shape index (κ3) is 341. The smallest absolute Gasteiger partial charge is 0.222 e. The molecule has 8 heteroatoms. The van der Waals surface area contributed by atoms with Gasteiger partial charge in [-0.15, -0.1) is 0 Å². The van der Waals surface area contributed by atoms with E-state index in [2.05, 4.69) is 13.8 Å². The molecule has 0 radical (unpaired) electrons. The molecule has 0 aliphatic carbocycles. The average Bonchev–Trinajstić information content (AvgIpc) is 2.42. The number of carbonyl (C=O) groups excluding carboxylic acids is 4. The van der Waals surface area contributed by atoms with E-state index in [1.54, 1.807) is 0 Å². The van der Waals surface area contributed by atoms with Crippen molar-refractivity contribution in [1.29, 1.82) is 21.6 Å². The van der Waals surface area contributed by atoms with Gasteiger partial charge in [0.1, 0.15) is 0 Å². The molecule has 8 nitrogen and oxygen atoms in total. The van der Waals surface area contributed by atoms with Crippen molar-refractivity contribution in [2.45, 2.75) is 58.8 Å². The van der Waals surface area contributed by atoms with Crippen LogP contribution < -0.4 is 0 Å². The Hall–Kier alpha value is -2.48. The molecule has 0 fully saturated rings. The van der Waals surface area contributed by atoms with Gasteiger partial charge in [-0.3, -0.25) is 0 Å². The minimum absolute atomic E-state index is 0.750. The largest absolute Gasteiger partial charge is 0.231 e. The van der Waals surface area contributed by atoms with Crippen LogP contribution in [0.15, 0.2) is 0 Å². The second kappa shape index (κ2) is 65.9.